The molecule has 2 N–H and O–H groups in total. The average Bonchev–Trinajstić information content (AvgIpc) is 2.66. The minimum Gasteiger partial charge on any atom is -0.479 e. The molecular formula is C18H32O11S. The Bertz CT molecular complexity index is 684. The van der Waals surface area contributed by atoms with E-state index in [1.54, 1.807) is 0 Å². The summed E-state index contributed by atoms with van der Waals surface area (Å²) >= 11 is 0. The maximum atomic E-state index is 11.8. The first-order valence-electron chi connectivity index (χ1n) is 9.77. The molecule has 2 aliphatic heterocycles. The van der Waals surface area contributed by atoms with Crippen molar-refractivity contribution < 1.29 is 50.7 Å². The SMILES string of the molecule is CO[C@@H]1O[C@@H](C(=O)O)[C@@H](O[C@H]2O[C@@H](COS(=O)(=O)O)[C@@H](OC)C(C)C2C)C(C)C1C. The Morgan fingerprint density at radius 2 is 1.47 bits per heavy atom. The normalized spacial score (nSPS) is 42.8. The molecule has 2 saturated heterocycles. The van der Waals surface area contributed by atoms with Crippen LogP contribution >= 0.6 is 0 Å². The third-order valence-electron chi connectivity index (χ3n) is 6.23. The molecule has 10 atom stereocenters. The standard InChI is InChI=1S/C18H32O11S/c1-8-11(4)18(27-12(13(8)24-5)7-26-30(21,22)23)28-14-9(2)10(3)17(25-6)29-15(14)16(19)20/h8-15,17-18H,7H2,1-6H3,(H,19,20)(H,21,22,23)/t8?,9?,10?,11?,12-,13-,14-,15+,17+,18+/m0/s1. The first-order chi connectivity index (χ1) is 13.9. The lowest BCUT2D eigenvalue weighted by Gasteiger charge is -2.48. The van der Waals surface area contributed by atoms with E-state index in [0.717, 1.165) is 0 Å². The third kappa shape index (κ3) is 5.68. The highest BCUT2D eigenvalue weighted by molar-refractivity contribution is 7.80. The first-order valence-corrected chi connectivity index (χ1v) is 11.1. The largest absolute Gasteiger partial charge is 0.479 e. The van der Waals surface area contributed by atoms with E-state index in [9.17, 15) is 18.3 Å². The maximum Gasteiger partial charge on any atom is 0.397 e. The van der Waals surface area contributed by atoms with Gasteiger partial charge in [-0.1, -0.05) is 27.7 Å². The van der Waals surface area contributed by atoms with Crippen LogP contribution in [0.2, 0.25) is 0 Å². The van der Waals surface area contributed by atoms with Crippen molar-refractivity contribution in [2.75, 3.05) is 20.8 Å². The molecule has 2 aliphatic rings. The van der Waals surface area contributed by atoms with E-state index in [1.165, 1.54) is 14.2 Å². The van der Waals surface area contributed by atoms with Gasteiger partial charge in [0.25, 0.3) is 0 Å². The summed E-state index contributed by atoms with van der Waals surface area (Å²) in [5.41, 5.74) is 0. The number of rotatable bonds is 8. The zero-order valence-electron chi connectivity index (χ0n) is 18.0. The fraction of sp³-hybridized carbons (Fsp3) is 0.944. The number of hydrogen-bond acceptors (Lipinski definition) is 9. The second-order valence-electron chi connectivity index (χ2n) is 7.99. The Morgan fingerprint density at radius 1 is 0.900 bits per heavy atom. The van der Waals surface area contributed by atoms with E-state index in [1.807, 2.05) is 27.7 Å². The molecule has 4 unspecified atom stereocenters. The van der Waals surface area contributed by atoms with Gasteiger partial charge in [0.2, 0.25) is 0 Å². The summed E-state index contributed by atoms with van der Waals surface area (Å²) in [5, 5.41) is 9.64. The molecule has 11 nitrogen and oxygen atoms in total. The van der Waals surface area contributed by atoms with Gasteiger partial charge in [0.05, 0.1) is 12.7 Å². The average molecular weight is 457 g/mol. The lowest BCUT2D eigenvalue weighted by Crippen LogP contribution is -2.58. The third-order valence-corrected chi connectivity index (χ3v) is 6.66. The van der Waals surface area contributed by atoms with Crippen molar-refractivity contribution in [2.45, 2.75) is 64.7 Å². The molecule has 0 aromatic heterocycles. The summed E-state index contributed by atoms with van der Waals surface area (Å²) in [5.74, 6) is -1.91. The van der Waals surface area contributed by atoms with Crippen molar-refractivity contribution in [3.05, 3.63) is 0 Å². The molecule has 0 radical (unpaired) electrons. The Morgan fingerprint density at radius 3 is 1.97 bits per heavy atom. The molecule has 2 heterocycles. The van der Waals surface area contributed by atoms with Crippen LogP contribution in [0.25, 0.3) is 0 Å². The quantitative estimate of drug-likeness (QED) is 0.503. The van der Waals surface area contributed by atoms with Crippen LogP contribution in [-0.4, -0.2) is 81.9 Å². The summed E-state index contributed by atoms with van der Waals surface area (Å²) in [4.78, 5) is 11.8. The van der Waals surface area contributed by atoms with Crippen molar-refractivity contribution in [2.24, 2.45) is 23.7 Å². The number of ether oxygens (including phenoxy) is 5. The van der Waals surface area contributed by atoms with Gasteiger partial charge in [-0.3, -0.25) is 4.55 Å². The van der Waals surface area contributed by atoms with Gasteiger partial charge < -0.3 is 28.8 Å². The van der Waals surface area contributed by atoms with Gasteiger partial charge in [-0.15, -0.1) is 0 Å². The predicted octanol–water partition coefficient (Wildman–Crippen LogP) is 0.931. The summed E-state index contributed by atoms with van der Waals surface area (Å²) < 4.78 is 63.6. The second kappa shape index (κ2) is 10.2. The second-order valence-corrected chi connectivity index (χ2v) is 9.08. The van der Waals surface area contributed by atoms with Crippen LogP contribution in [0.15, 0.2) is 0 Å². The number of carboxylic acid groups (broad SMARTS) is 1. The molecule has 0 saturated carbocycles. The molecule has 0 aliphatic carbocycles. The van der Waals surface area contributed by atoms with Crippen molar-refractivity contribution in [1.29, 1.82) is 0 Å². The van der Waals surface area contributed by atoms with Crippen molar-refractivity contribution in [3.8, 4) is 0 Å². The highest BCUT2D eigenvalue weighted by atomic mass is 32.3. The monoisotopic (exact) mass is 456 g/mol. The number of aliphatic carboxylic acids is 1. The van der Waals surface area contributed by atoms with Crippen LogP contribution in [0.4, 0.5) is 0 Å². The molecule has 0 amide bonds. The van der Waals surface area contributed by atoms with E-state index in [0.29, 0.717) is 0 Å². The molecular weight excluding hydrogens is 424 g/mol. The smallest absolute Gasteiger partial charge is 0.397 e. The van der Waals surface area contributed by atoms with E-state index >= 15 is 0 Å². The maximum absolute atomic E-state index is 11.8. The Kier molecular flexibility index (Phi) is 8.61. The van der Waals surface area contributed by atoms with Gasteiger partial charge in [0.1, 0.15) is 12.2 Å². The molecule has 0 aromatic rings. The highest BCUT2D eigenvalue weighted by Gasteiger charge is 2.50. The van der Waals surface area contributed by atoms with Crippen molar-refractivity contribution in [1.82, 2.24) is 0 Å². The zero-order valence-corrected chi connectivity index (χ0v) is 18.8. The summed E-state index contributed by atoms with van der Waals surface area (Å²) in [6.07, 6.45) is -5.02. The zero-order chi connectivity index (χ0) is 22.8. The molecule has 176 valence electrons. The number of carboxylic acids is 1. The molecule has 0 spiro atoms. The number of carbonyl (C=O) groups is 1. The van der Waals surface area contributed by atoms with E-state index in [4.69, 9.17) is 28.2 Å². The van der Waals surface area contributed by atoms with Gasteiger partial charge in [0, 0.05) is 26.1 Å². The lowest BCUT2D eigenvalue weighted by molar-refractivity contribution is -0.325. The highest BCUT2D eigenvalue weighted by Crippen LogP contribution is 2.38. The topological polar surface area (TPSA) is 147 Å². The number of methoxy groups -OCH3 is 2. The number of hydrogen-bond donors (Lipinski definition) is 2. The molecule has 30 heavy (non-hydrogen) atoms. The van der Waals surface area contributed by atoms with Gasteiger partial charge in [0.15, 0.2) is 18.7 Å². The van der Waals surface area contributed by atoms with Gasteiger partial charge in [-0.25, -0.2) is 8.98 Å². The minimum atomic E-state index is -4.66. The van der Waals surface area contributed by atoms with E-state index in [2.05, 4.69) is 4.18 Å². The first kappa shape index (κ1) is 25.4. The lowest BCUT2D eigenvalue weighted by atomic mass is 9.82. The Balaban J connectivity index is 2.22. The molecule has 0 aromatic carbocycles. The summed E-state index contributed by atoms with van der Waals surface area (Å²) in [7, 11) is -1.75. The van der Waals surface area contributed by atoms with Crippen LogP contribution in [-0.2, 0) is 43.1 Å². The fourth-order valence-corrected chi connectivity index (χ4v) is 4.36. The summed E-state index contributed by atoms with van der Waals surface area (Å²) in [6.45, 7) is 7.01. The molecule has 2 rings (SSSR count). The molecule has 2 fully saturated rings. The van der Waals surface area contributed by atoms with Gasteiger partial charge >= 0.3 is 16.4 Å². The van der Waals surface area contributed by atoms with E-state index < -0.39 is 60.0 Å². The van der Waals surface area contributed by atoms with Crippen molar-refractivity contribution >= 4 is 16.4 Å². The van der Waals surface area contributed by atoms with Crippen LogP contribution in [0, 0.1) is 23.7 Å². The van der Waals surface area contributed by atoms with Crippen LogP contribution in [0.1, 0.15) is 27.7 Å². The molecule has 0 bridgehead atoms. The predicted molar refractivity (Wildman–Crippen MR) is 102 cm³/mol. The van der Waals surface area contributed by atoms with Gasteiger partial charge in [-0.05, 0) is 11.8 Å². The van der Waals surface area contributed by atoms with Crippen LogP contribution in [0.5, 0.6) is 0 Å². The van der Waals surface area contributed by atoms with Crippen LogP contribution in [0.3, 0.4) is 0 Å². The van der Waals surface area contributed by atoms with Crippen LogP contribution < -0.4 is 0 Å². The van der Waals surface area contributed by atoms with Crippen molar-refractivity contribution in [3.63, 3.8) is 0 Å². The minimum absolute atomic E-state index is 0.141. The summed E-state index contributed by atoms with van der Waals surface area (Å²) in [6, 6.07) is 0. The van der Waals surface area contributed by atoms with Gasteiger partial charge in [-0.2, -0.15) is 8.42 Å². The Hall–Kier alpha value is -0.860. The van der Waals surface area contributed by atoms with E-state index in [-0.39, 0.29) is 23.7 Å². The fourth-order valence-electron chi connectivity index (χ4n) is 4.06. The molecule has 12 heteroatoms. The Labute approximate surface area is 176 Å².